The number of alkyl carbamates (subject to hydrolysis) is 1. The molecule has 0 aliphatic heterocycles. The van der Waals surface area contributed by atoms with Gasteiger partial charge in [-0.15, -0.1) is 0 Å². The quantitative estimate of drug-likeness (QED) is 0.355. The molecule has 9 nitrogen and oxygen atoms in total. The number of aromatic nitrogens is 1. The van der Waals surface area contributed by atoms with E-state index < -0.39 is 23.2 Å². The van der Waals surface area contributed by atoms with Gasteiger partial charge in [-0.3, -0.25) is 15.1 Å². The highest BCUT2D eigenvalue weighted by molar-refractivity contribution is 5.79. The highest BCUT2D eigenvalue weighted by Crippen LogP contribution is 2.44. The zero-order valence-electron chi connectivity index (χ0n) is 17.6. The van der Waals surface area contributed by atoms with Crippen molar-refractivity contribution in [3.63, 3.8) is 0 Å². The third kappa shape index (κ3) is 4.84. The zero-order valence-corrected chi connectivity index (χ0v) is 17.6. The molecule has 4 rings (SSSR count). The highest BCUT2D eigenvalue weighted by Gasteiger charge is 2.29. The predicted octanol–water partition coefficient (Wildman–Crippen LogP) is 3.31. The average molecular weight is 449 g/mol. The van der Waals surface area contributed by atoms with Gasteiger partial charge in [0.2, 0.25) is 0 Å². The van der Waals surface area contributed by atoms with E-state index in [1.807, 2.05) is 36.4 Å². The lowest BCUT2D eigenvalue weighted by atomic mass is 9.98. The lowest BCUT2D eigenvalue weighted by molar-refractivity contribution is -0.385. The van der Waals surface area contributed by atoms with Crippen molar-refractivity contribution in [2.45, 2.75) is 24.5 Å². The number of carbonyl (C=O) groups is 1. The summed E-state index contributed by atoms with van der Waals surface area (Å²) in [7, 11) is 0. The van der Waals surface area contributed by atoms with Crippen LogP contribution in [0.25, 0.3) is 11.1 Å². The third-order valence-corrected chi connectivity index (χ3v) is 5.70. The molecule has 9 heteroatoms. The molecule has 0 saturated carbocycles. The van der Waals surface area contributed by atoms with Gasteiger partial charge in [-0.2, -0.15) is 0 Å². The van der Waals surface area contributed by atoms with Crippen molar-refractivity contribution in [2.24, 2.45) is 0 Å². The molecule has 1 heterocycles. The molecular formula is C24H23N3O6. The molecule has 0 fully saturated rings. The minimum absolute atomic E-state index is 0.0457. The van der Waals surface area contributed by atoms with Crippen LogP contribution >= 0.6 is 0 Å². The third-order valence-electron chi connectivity index (χ3n) is 5.70. The summed E-state index contributed by atoms with van der Waals surface area (Å²) in [6.45, 7) is 0.250. The molecule has 2 atom stereocenters. The first kappa shape index (κ1) is 22.4. The molecule has 0 radical (unpaired) electrons. The Morgan fingerprint density at radius 1 is 1.06 bits per heavy atom. The van der Waals surface area contributed by atoms with E-state index in [2.05, 4.69) is 22.4 Å². The predicted molar refractivity (Wildman–Crippen MR) is 120 cm³/mol. The summed E-state index contributed by atoms with van der Waals surface area (Å²) in [6.07, 6.45) is -2.11. The summed E-state index contributed by atoms with van der Waals surface area (Å²) >= 11 is 0. The van der Waals surface area contributed by atoms with E-state index in [0.29, 0.717) is 0 Å². The number of nitro groups is 1. The second-order valence-electron chi connectivity index (χ2n) is 7.75. The Kier molecular flexibility index (Phi) is 6.62. The second-order valence-corrected chi connectivity index (χ2v) is 7.75. The lowest BCUT2D eigenvalue weighted by Gasteiger charge is -2.18. The molecule has 3 aromatic rings. The van der Waals surface area contributed by atoms with Crippen molar-refractivity contribution in [1.82, 2.24) is 10.3 Å². The van der Waals surface area contributed by atoms with Gasteiger partial charge in [0.1, 0.15) is 18.9 Å². The topological polar surface area (TPSA) is 135 Å². The van der Waals surface area contributed by atoms with Gasteiger partial charge in [-0.05, 0) is 34.7 Å². The van der Waals surface area contributed by atoms with Crippen LogP contribution < -0.4 is 5.32 Å². The SMILES string of the molecule is O=C(NCCC(O)C(O)c1ccc([N+](=O)[O-])cn1)OCC1c2ccccc2-c2ccccc21. The number of fused-ring (bicyclic) bond motifs is 3. The van der Waals surface area contributed by atoms with Crippen molar-refractivity contribution < 1.29 is 24.7 Å². The Labute approximate surface area is 189 Å². The van der Waals surface area contributed by atoms with Crippen molar-refractivity contribution in [1.29, 1.82) is 0 Å². The van der Waals surface area contributed by atoms with E-state index >= 15 is 0 Å². The number of rotatable bonds is 8. The van der Waals surface area contributed by atoms with Crippen LogP contribution in [0.2, 0.25) is 0 Å². The van der Waals surface area contributed by atoms with Crippen molar-refractivity contribution in [3.8, 4) is 11.1 Å². The molecule has 2 aromatic carbocycles. The summed E-state index contributed by atoms with van der Waals surface area (Å²) in [5.41, 5.74) is 4.39. The standard InChI is InChI=1S/C24H23N3O6/c28-22(23(29)21-10-9-15(13-26-21)27(31)32)11-12-25-24(30)33-14-20-18-7-3-1-5-16(18)17-6-2-4-8-19(17)20/h1-10,13,20,22-23,28-29H,11-12,14H2,(H,25,30). The van der Waals surface area contributed by atoms with Crippen LogP contribution in [-0.4, -0.2) is 45.5 Å². The summed E-state index contributed by atoms with van der Waals surface area (Å²) in [4.78, 5) is 26.1. The largest absolute Gasteiger partial charge is 0.449 e. The summed E-state index contributed by atoms with van der Waals surface area (Å²) in [5.74, 6) is -0.0521. The number of aliphatic hydroxyl groups excluding tert-OH is 2. The number of nitrogens with one attached hydrogen (secondary N) is 1. The van der Waals surface area contributed by atoms with Gasteiger partial charge in [0, 0.05) is 18.5 Å². The Balaban J connectivity index is 1.27. The Morgan fingerprint density at radius 3 is 2.27 bits per heavy atom. The molecule has 1 amide bonds. The first-order chi connectivity index (χ1) is 16.0. The summed E-state index contributed by atoms with van der Waals surface area (Å²) < 4.78 is 5.43. The molecule has 1 aliphatic carbocycles. The number of aliphatic hydroxyl groups is 2. The van der Waals surface area contributed by atoms with Crippen LogP contribution in [0.15, 0.2) is 66.9 Å². The molecule has 2 unspecified atom stereocenters. The fourth-order valence-corrected chi connectivity index (χ4v) is 4.01. The fraction of sp³-hybridized carbons (Fsp3) is 0.250. The fourth-order valence-electron chi connectivity index (χ4n) is 4.01. The maximum Gasteiger partial charge on any atom is 0.407 e. The first-order valence-corrected chi connectivity index (χ1v) is 10.5. The van der Waals surface area contributed by atoms with Gasteiger partial charge in [0.05, 0.1) is 16.7 Å². The molecule has 1 aromatic heterocycles. The zero-order chi connectivity index (χ0) is 23.4. The Bertz CT molecular complexity index is 1110. The first-order valence-electron chi connectivity index (χ1n) is 10.5. The number of hydrogen-bond acceptors (Lipinski definition) is 7. The molecule has 33 heavy (non-hydrogen) atoms. The van der Waals surface area contributed by atoms with Crippen LogP contribution in [0, 0.1) is 10.1 Å². The molecule has 3 N–H and O–H groups in total. The molecule has 1 aliphatic rings. The maximum atomic E-state index is 12.2. The number of pyridine rings is 1. The Morgan fingerprint density at radius 2 is 1.70 bits per heavy atom. The van der Waals surface area contributed by atoms with E-state index in [1.54, 1.807) is 0 Å². The van der Waals surface area contributed by atoms with Crippen molar-refractivity contribution >= 4 is 11.8 Å². The lowest BCUT2D eigenvalue weighted by Crippen LogP contribution is -2.30. The van der Waals surface area contributed by atoms with Gasteiger partial charge in [0.15, 0.2) is 0 Å². The maximum absolute atomic E-state index is 12.2. The number of carbonyl (C=O) groups excluding carboxylic acids is 1. The monoisotopic (exact) mass is 449 g/mol. The van der Waals surface area contributed by atoms with Crippen LogP contribution in [0.1, 0.15) is 35.3 Å². The second kappa shape index (κ2) is 9.76. The van der Waals surface area contributed by atoms with Crippen molar-refractivity contribution in [3.05, 3.63) is 93.8 Å². The molecule has 0 saturated heterocycles. The average Bonchev–Trinajstić information content (AvgIpc) is 3.16. The van der Waals surface area contributed by atoms with Gasteiger partial charge >= 0.3 is 6.09 Å². The van der Waals surface area contributed by atoms with Gasteiger partial charge in [-0.25, -0.2) is 4.79 Å². The molecule has 0 spiro atoms. The highest BCUT2D eigenvalue weighted by atomic mass is 16.6. The van der Waals surface area contributed by atoms with E-state index in [9.17, 15) is 25.1 Å². The van der Waals surface area contributed by atoms with E-state index in [0.717, 1.165) is 28.5 Å². The minimum Gasteiger partial charge on any atom is -0.449 e. The summed E-state index contributed by atoms with van der Waals surface area (Å²) in [5, 5.41) is 33.6. The minimum atomic E-state index is -1.34. The summed E-state index contributed by atoms with van der Waals surface area (Å²) in [6, 6.07) is 18.6. The van der Waals surface area contributed by atoms with Crippen LogP contribution in [0.5, 0.6) is 0 Å². The van der Waals surface area contributed by atoms with E-state index in [1.165, 1.54) is 12.1 Å². The van der Waals surface area contributed by atoms with Crippen LogP contribution in [0.4, 0.5) is 10.5 Å². The number of benzene rings is 2. The van der Waals surface area contributed by atoms with E-state index in [4.69, 9.17) is 4.74 Å². The molecular weight excluding hydrogens is 426 g/mol. The molecule has 0 bridgehead atoms. The van der Waals surface area contributed by atoms with E-state index in [-0.39, 0.29) is 36.9 Å². The number of hydrogen-bond donors (Lipinski definition) is 3. The van der Waals surface area contributed by atoms with Gasteiger partial charge in [-0.1, -0.05) is 48.5 Å². The number of amides is 1. The van der Waals surface area contributed by atoms with Crippen molar-refractivity contribution in [2.75, 3.05) is 13.2 Å². The van der Waals surface area contributed by atoms with Gasteiger partial charge < -0.3 is 20.3 Å². The van der Waals surface area contributed by atoms with Crippen LogP contribution in [0.3, 0.4) is 0 Å². The smallest absolute Gasteiger partial charge is 0.407 e. The normalized spacial score (nSPS) is 14.1. The molecule has 170 valence electrons. The Hall–Kier alpha value is -3.82. The van der Waals surface area contributed by atoms with Crippen LogP contribution in [-0.2, 0) is 4.74 Å². The van der Waals surface area contributed by atoms with Gasteiger partial charge in [0.25, 0.3) is 5.69 Å². The number of ether oxygens (including phenoxy) is 1. The number of nitrogens with zero attached hydrogens (tertiary/aromatic N) is 2.